The van der Waals surface area contributed by atoms with Crippen LogP contribution in [0.4, 0.5) is 11.8 Å². The van der Waals surface area contributed by atoms with Gasteiger partial charge in [-0.15, -0.1) is 0 Å². The second-order valence-corrected chi connectivity index (χ2v) is 7.40. The number of ether oxygens (including phenoxy) is 1. The van der Waals surface area contributed by atoms with Crippen LogP contribution in [-0.4, -0.2) is 71.8 Å². The van der Waals surface area contributed by atoms with Crippen molar-refractivity contribution >= 4 is 17.7 Å². The van der Waals surface area contributed by atoms with Crippen LogP contribution in [0.3, 0.4) is 0 Å². The first-order chi connectivity index (χ1) is 14.5. The van der Waals surface area contributed by atoms with Gasteiger partial charge in [0.25, 0.3) is 0 Å². The molecule has 1 fully saturated rings. The predicted octanol–water partition coefficient (Wildman–Crippen LogP) is 1.56. The lowest BCUT2D eigenvalue weighted by molar-refractivity contribution is -0.117. The lowest BCUT2D eigenvalue weighted by atomic mass is 10.2. The minimum Gasteiger partial charge on any atom is -0.385 e. The maximum Gasteiger partial charge on any atom is 0.239 e. The molecule has 0 aromatic carbocycles. The molecule has 30 heavy (non-hydrogen) atoms. The third-order valence-corrected chi connectivity index (χ3v) is 5.50. The summed E-state index contributed by atoms with van der Waals surface area (Å²) in [4.78, 5) is 25.6. The molecule has 0 saturated carbocycles. The third kappa shape index (κ3) is 4.96. The van der Waals surface area contributed by atoms with Gasteiger partial charge in [0.2, 0.25) is 11.9 Å². The average molecular weight is 412 g/mol. The van der Waals surface area contributed by atoms with Crippen LogP contribution in [0.2, 0.25) is 0 Å². The highest BCUT2D eigenvalue weighted by Gasteiger charge is 2.23. The smallest absolute Gasteiger partial charge is 0.239 e. The highest BCUT2D eigenvalue weighted by atomic mass is 16.5. The first-order valence-corrected chi connectivity index (χ1v) is 10.2. The topological polar surface area (TPSA) is 99.3 Å². The van der Waals surface area contributed by atoms with Crippen molar-refractivity contribution < 1.29 is 9.53 Å². The van der Waals surface area contributed by atoms with Gasteiger partial charge in [-0.1, -0.05) is 0 Å². The molecular formula is C21H29N7O2. The van der Waals surface area contributed by atoms with Gasteiger partial charge in [-0.3, -0.25) is 9.69 Å². The van der Waals surface area contributed by atoms with Gasteiger partial charge in [0, 0.05) is 64.5 Å². The number of carbonyl (C=O) groups is 1. The molecule has 0 bridgehead atoms. The van der Waals surface area contributed by atoms with Gasteiger partial charge in [0.1, 0.15) is 11.9 Å². The van der Waals surface area contributed by atoms with E-state index in [0.29, 0.717) is 24.5 Å². The Kier molecular flexibility index (Phi) is 7.38. The zero-order chi connectivity index (χ0) is 21.5. The van der Waals surface area contributed by atoms with Gasteiger partial charge < -0.3 is 19.5 Å². The van der Waals surface area contributed by atoms with E-state index in [1.54, 1.807) is 25.6 Å². The fraction of sp³-hybridized carbons (Fsp3) is 0.524. The number of piperazine rings is 1. The van der Waals surface area contributed by atoms with Gasteiger partial charge in [-0.25, -0.2) is 9.97 Å². The molecule has 0 unspecified atom stereocenters. The van der Waals surface area contributed by atoms with E-state index < -0.39 is 0 Å². The van der Waals surface area contributed by atoms with E-state index in [1.807, 2.05) is 18.4 Å². The second-order valence-electron chi connectivity index (χ2n) is 7.40. The van der Waals surface area contributed by atoms with Crippen molar-refractivity contribution in [2.45, 2.75) is 26.8 Å². The van der Waals surface area contributed by atoms with Crippen LogP contribution in [0.5, 0.6) is 0 Å². The first-order valence-electron chi connectivity index (χ1n) is 10.2. The molecular weight excluding hydrogens is 382 g/mol. The van der Waals surface area contributed by atoms with Crippen molar-refractivity contribution in [3.05, 3.63) is 35.3 Å². The van der Waals surface area contributed by atoms with E-state index >= 15 is 0 Å². The van der Waals surface area contributed by atoms with Crippen LogP contribution >= 0.6 is 0 Å². The maximum absolute atomic E-state index is 12.8. The quantitative estimate of drug-likeness (QED) is 0.658. The minimum atomic E-state index is -0.110. The molecule has 9 heteroatoms. The monoisotopic (exact) mass is 411 g/mol. The Labute approximate surface area is 177 Å². The summed E-state index contributed by atoms with van der Waals surface area (Å²) in [6.07, 6.45) is 4.28. The van der Waals surface area contributed by atoms with Crippen molar-refractivity contribution in [2.75, 3.05) is 56.7 Å². The molecule has 0 radical (unpaired) electrons. The maximum atomic E-state index is 12.8. The summed E-state index contributed by atoms with van der Waals surface area (Å²) < 4.78 is 7.15. The molecule has 1 N–H and O–H groups in total. The Morgan fingerprint density at radius 2 is 1.93 bits per heavy atom. The second kappa shape index (κ2) is 10.2. The minimum absolute atomic E-state index is 0.110. The number of nitrogens with zero attached hydrogens (tertiary/aromatic N) is 6. The number of hydrogen-bond donors (Lipinski definition) is 1. The molecule has 160 valence electrons. The number of aromatic nitrogens is 3. The lowest BCUT2D eigenvalue weighted by Crippen LogP contribution is -2.49. The molecule has 2 aromatic heterocycles. The van der Waals surface area contributed by atoms with Crippen molar-refractivity contribution in [1.29, 1.82) is 5.26 Å². The fourth-order valence-electron chi connectivity index (χ4n) is 3.71. The van der Waals surface area contributed by atoms with E-state index in [1.165, 1.54) is 0 Å². The molecule has 3 heterocycles. The number of nitrogens with one attached hydrogen (secondary N) is 1. The van der Waals surface area contributed by atoms with Crippen molar-refractivity contribution in [3.63, 3.8) is 0 Å². The number of nitriles is 1. The van der Waals surface area contributed by atoms with Gasteiger partial charge in [-0.2, -0.15) is 5.26 Å². The molecule has 0 aliphatic carbocycles. The lowest BCUT2D eigenvalue weighted by Gasteiger charge is -2.34. The van der Waals surface area contributed by atoms with Gasteiger partial charge in [0.05, 0.1) is 12.1 Å². The average Bonchev–Trinajstić information content (AvgIpc) is 2.98. The molecule has 3 rings (SSSR count). The van der Waals surface area contributed by atoms with Crippen LogP contribution < -0.4 is 10.2 Å². The first kappa shape index (κ1) is 21.7. The van der Waals surface area contributed by atoms with E-state index in [0.717, 1.165) is 49.8 Å². The largest absolute Gasteiger partial charge is 0.385 e. The molecule has 0 spiro atoms. The van der Waals surface area contributed by atoms with Crippen LogP contribution in [-0.2, 0) is 16.1 Å². The van der Waals surface area contributed by atoms with Gasteiger partial charge in [-0.05, 0) is 31.9 Å². The Morgan fingerprint density at radius 1 is 1.23 bits per heavy atom. The van der Waals surface area contributed by atoms with Crippen molar-refractivity contribution in [1.82, 2.24) is 19.4 Å². The van der Waals surface area contributed by atoms with E-state index in [4.69, 9.17) is 4.74 Å². The summed E-state index contributed by atoms with van der Waals surface area (Å²) in [5, 5.41) is 12.6. The number of rotatable bonds is 8. The third-order valence-electron chi connectivity index (χ3n) is 5.50. The van der Waals surface area contributed by atoms with Crippen LogP contribution in [0, 0.1) is 25.2 Å². The molecule has 1 amide bonds. The highest BCUT2D eigenvalue weighted by Crippen LogP contribution is 2.26. The molecule has 1 saturated heterocycles. The SMILES string of the molecule is COCCCn1c(C)c(C)c(C#N)c1NC(=O)CN1CCN(c2ncccn2)CC1. The number of hydrogen-bond acceptors (Lipinski definition) is 7. The van der Waals surface area contributed by atoms with E-state index in [9.17, 15) is 10.1 Å². The summed E-state index contributed by atoms with van der Waals surface area (Å²) in [5.74, 6) is 1.20. The van der Waals surface area contributed by atoms with E-state index in [2.05, 4.69) is 31.2 Å². The van der Waals surface area contributed by atoms with Crippen LogP contribution in [0.25, 0.3) is 0 Å². The standard InChI is InChI=1S/C21H29N7O2/c1-16-17(2)28(8-5-13-30-3)20(18(16)14-22)25-19(29)15-26-9-11-27(12-10-26)21-23-6-4-7-24-21/h4,6-7H,5,8-13,15H2,1-3H3,(H,25,29). The molecule has 1 aliphatic heterocycles. The number of anilines is 2. The van der Waals surface area contributed by atoms with Crippen molar-refractivity contribution in [3.8, 4) is 6.07 Å². The summed E-state index contributed by atoms with van der Waals surface area (Å²) in [6, 6.07) is 4.05. The number of amides is 1. The molecule has 2 aromatic rings. The highest BCUT2D eigenvalue weighted by molar-refractivity contribution is 5.93. The van der Waals surface area contributed by atoms with Crippen molar-refractivity contribution in [2.24, 2.45) is 0 Å². The Morgan fingerprint density at radius 3 is 2.57 bits per heavy atom. The van der Waals surface area contributed by atoms with Crippen LogP contribution in [0.15, 0.2) is 18.5 Å². The normalized spacial score (nSPS) is 14.5. The van der Waals surface area contributed by atoms with E-state index in [-0.39, 0.29) is 12.5 Å². The molecule has 0 atom stereocenters. The Hall–Kier alpha value is -2.96. The molecule has 9 nitrogen and oxygen atoms in total. The predicted molar refractivity (Wildman–Crippen MR) is 114 cm³/mol. The summed E-state index contributed by atoms with van der Waals surface area (Å²) in [6.45, 7) is 8.54. The Balaban J connectivity index is 1.61. The fourth-order valence-corrected chi connectivity index (χ4v) is 3.71. The summed E-state index contributed by atoms with van der Waals surface area (Å²) in [5.41, 5.74) is 2.43. The van der Waals surface area contributed by atoms with Crippen LogP contribution in [0.1, 0.15) is 23.2 Å². The summed E-state index contributed by atoms with van der Waals surface area (Å²) in [7, 11) is 1.67. The zero-order valence-corrected chi connectivity index (χ0v) is 17.9. The van der Waals surface area contributed by atoms with Gasteiger partial charge >= 0.3 is 0 Å². The number of carbonyl (C=O) groups excluding carboxylic acids is 1. The zero-order valence-electron chi connectivity index (χ0n) is 17.9. The molecule has 1 aliphatic rings. The Bertz CT molecular complexity index is 896. The van der Waals surface area contributed by atoms with Gasteiger partial charge in [0.15, 0.2) is 0 Å². The number of methoxy groups -OCH3 is 1. The summed E-state index contributed by atoms with van der Waals surface area (Å²) >= 11 is 0.